The summed E-state index contributed by atoms with van der Waals surface area (Å²) >= 11 is 0. The fourth-order valence-corrected chi connectivity index (χ4v) is 2.20. The lowest BCUT2D eigenvalue weighted by molar-refractivity contribution is -0.906. The van der Waals surface area contributed by atoms with Gasteiger partial charge in [0.1, 0.15) is 6.54 Å². The Labute approximate surface area is 144 Å². The van der Waals surface area contributed by atoms with Gasteiger partial charge in [0.2, 0.25) is 0 Å². The van der Waals surface area contributed by atoms with Gasteiger partial charge in [0, 0.05) is 12.6 Å². The monoisotopic (exact) mass is 331 g/mol. The molecule has 0 heterocycles. The average Bonchev–Trinajstić information content (AvgIpc) is 2.54. The van der Waals surface area contributed by atoms with Crippen molar-refractivity contribution in [3.63, 3.8) is 0 Å². The summed E-state index contributed by atoms with van der Waals surface area (Å²) in [5.74, 6) is -0.913. The number of hydrogen-bond acceptors (Lipinski definition) is 3. The number of carbonyl (C=O) groups excluding carboxylic acids is 1. The lowest BCUT2D eigenvalue weighted by Gasteiger charge is -2.31. The second kappa shape index (κ2) is 17.7. The number of hydrogen-bond donors (Lipinski definition) is 0. The van der Waals surface area contributed by atoms with Crippen molar-refractivity contribution in [1.82, 2.24) is 0 Å². The highest BCUT2D eigenvalue weighted by Crippen LogP contribution is 2.07. The molecule has 4 heteroatoms. The molecule has 4 nitrogen and oxygen atoms in total. The molecule has 140 valence electrons. The highest BCUT2D eigenvalue weighted by atomic mass is 16.5. The van der Waals surface area contributed by atoms with Crippen LogP contribution in [0.3, 0.4) is 0 Å². The van der Waals surface area contributed by atoms with E-state index >= 15 is 0 Å². The van der Waals surface area contributed by atoms with E-state index in [2.05, 4.69) is 27.8 Å². The van der Waals surface area contributed by atoms with E-state index in [1.165, 1.54) is 45.2 Å². The van der Waals surface area contributed by atoms with E-state index in [0.717, 1.165) is 37.1 Å². The third-order valence-corrected chi connectivity index (χ3v) is 4.49. The number of ether oxygens (including phenoxy) is 1. The molecule has 0 saturated heterocycles. The van der Waals surface area contributed by atoms with E-state index in [1.807, 2.05) is 6.92 Å². The van der Waals surface area contributed by atoms with Crippen LogP contribution in [0.1, 0.15) is 79.1 Å². The molecule has 0 aliphatic carbocycles. The van der Waals surface area contributed by atoms with E-state index in [9.17, 15) is 9.90 Å². The summed E-state index contributed by atoms with van der Waals surface area (Å²) in [6.45, 7) is 14.0. The normalized spacial score (nSPS) is 11.0. The standard InChI is InChI=1S/C10H20O2.C9H22NO/c1-2-3-4-5-6-7-8-9-10(11)12;1-5-10(4,6-2)8-9-11-7-3/h2-9H2,1H3,(H,11,12);5-9H2,1-4H3/q;+1/p-1. The second-order valence-electron chi connectivity index (χ2n) is 6.42. The van der Waals surface area contributed by atoms with E-state index in [0.29, 0.717) is 0 Å². The van der Waals surface area contributed by atoms with Crippen LogP contribution in [0.5, 0.6) is 0 Å². The number of rotatable bonds is 14. The summed E-state index contributed by atoms with van der Waals surface area (Å²) in [6, 6.07) is 0. The summed E-state index contributed by atoms with van der Waals surface area (Å²) in [7, 11) is 2.28. The van der Waals surface area contributed by atoms with Crippen molar-refractivity contribution in [3.8, 4) is 0 Å². The average molecular weight is 332 g/mol. The van der Waals surface area contributed by atoms with Crippen LogP contribution in [0, 0.1) is 0 Å². The molecule has 0 aliphatic rings. The molecule has 0 rings (SSSR count). The Morgan fingerprint density at radius 2 is 1.43 bits per heavy atom. The minimum atomic E-state index is -0.913. The van der Waals surface area contributed by atoms with E-state index in [4.69, 9.17) is 4.74 Å². The van der Waals surface area contributed by atoms with Crippen LogP contribution in [0.15, 0.2) is 0 Å². The first-order chi connectivity index (χ1) is 11.0. The van der Waals surface area contributed by atoms with Gasteiger partial charge in [0.05, 0.1) is 26.7 Å². The molecule has 0 bridgehead atoms. The van der Waals surface area contributed by atoms with E-state index in [-0.39, 0.29) is 6.42 Å². The Balaban J connectivity index is 0. The zero-order valence-electron chi connectivity index (χ0n) is 16.4. The smallest absolute Gasteiger partial charge is 0.102 e. The quantitative estimate of drug-likeness (QED) is 0.362. The summed E-state index contributed by atoms with van der Waals surface area (Å²) in [5.41, 5.74) is 0. The number of quaternary nitrogens is 1. The number of aliphatic carboxylic acids is 1. The van der Waals surface area contributed by atoms with Gasteiger partial charge in [-0.05, 0) is 33.6 Å². The third-order valence-electron chi connectivity index (χ3n) is 4.49. The maximum Gasteiger partial charge on any atom is 0.102 e. The first kappa shape index (κ1) is 24.6. The number of carbonyl (C=O) groups is 1. The minimum absolute atomic E-state index is 0.230. The maximum atomic E-state index is 10.0. The molecule has 0 N–H and O–H groups in total. The van der Waals surface area contributed by atoms with Gasteiger partial charge >= 0.3 is 0 Å². The Kier molecular flexibility index (Phi) is 19.0. The van der Waals surface area contributed by atoms with Gasteiger partial charge in [-0.2, -0.15) is 0 Å². The number of carboxylic acids is 1. The molecule has 0 amide bonds. The van der Waals surface area contributed by atoms with Gasteiger partial charge in [-0.25, -0.2) is 0 Å². The summed E-state index contributed by atoms with van der Waals surface area (Å²) in [5, 5.41) is 10.0. The Morgan fingerprint density at radius 1 is 0.913 bits per heavy atom. The summed E-state index contributed by atoms with van der Waals surface area (Å²) < 4.78 is 6.44. The first-order valence-electron chi connectivity index (χ1n) is 9.56. The largest absolute Gasteiger partial charge is 0.550 e. The van der Waals surface area contributed by atoms with Crippen molar-refractivity contribution >= 4 is 5.97 Å². The Morgan fingerprint density at radius 3 is 1.87 bits per heavy atom. The predicted octanol–water partition coefficient (Wildman–Crippen LogP) is 3.39. The van der Waals surface area contributed by atoms with Crippen molar-refractivity contribution in [3.05, 3.63) is 0 Å². The van der Waals surface area contributed by atoms with Crippen LogP contribution < -0.4 is 5.11 Å². The predicted molar refractivity (Wildman–Crippen MR) is 96.2 cm³/mol. The maximum absolute atomic E-state index is 10.0. The van der Waals surface area contributed by atoms with Crippen LogP contribution in [-0.2, 0) is 9.53 Å². The molecule has 0 aromatic carbocycles. The molecule has 0 atom stereocenters. The van der Waals surface area contributed by atoms with Crippen LogP contribution in [0.4, 0.5) is 0 Å². The van der Waals surface area contributed by atoms with Crippen molar-refractivity contribution in [2.45, 2.75) is 79.1 Å². The van der Waals surface area contributed by atoms with Gasteiger partial charge in [-0.1, -0.05) is 45.4 Å². The van der Waals surface area contributed by atoms with Crippen LogP contribution in [0.25, 0.3) is 0 Å². The molecule has 23 heavy (non-hydrogen) atoms. The third kappa shape index (κ3) is 19.3. The van der Waals surface area contributed by atoms with E-state index < -0.39 is 5.97 Å². The van der Waals surface area contributed by atoms with Gasteiger partial charge in [0.25, 0.3) is 0 Å². The van der Waals surface area contributed by atoms with Crippen molar-refractivity contribution < 1.29 is 19.1 Å². The minimum Gasteiger partial charge on any atom is -0.550 e. The number of likely N-dealkylation sites (N-methyl/N-ethyl adjacent to an activating group) is 1. The second-order valence-corrected chi connectivity index (χ2v) is 6.42. The zero-order valence-corrected chi connectivity index (χ0v) is 16.4. The van der Waals surface area contributed by atoms with Crippen molar-refractivity contribution in [1.29, 1.82) is 0 Å². The zero-order chi connectivity index (χ0) is 18.0. The highest BCUT2D eigenvalue weighted by Gasteiger charge is 2.14. The van der Waals surface area contributed by atoms with Crippen LogP contribution in [0.2, 0.25) is 0 Å². The molecule has 0 aromatic heterocycles. The SMILES string of the molecule is CCCCCCCCCC(=O)[O-].CCOCC[N+](C)(CC)CC. The van der Waals surface area contributed by atoms with Gasteiger partial charge in [-0.3, -0.25) is 0 Å². The molecule has 0 aromatic rings. The number of unbranched alkanes of at least 4 members (excludes halogenated alkanes) is 6. The van der Waals surface area contributed by atoms with Crippen molar-refractivity contribution in [2.24, 2.45) is 0 Å². The van der Waals surface area contributed by atoms with Gasteiger partial charge in [-0.15, -0.1) is 0 Å². The number of nitrogens with zero attached hydrogens (tertiary/aromatic N) is 1. The van der Waals surface area contributed by atoms with Gasteiger partial charge in [0.15, 0.2) is 0 Å². The highest BCUT2D eigenvalue weighted by molar-refractivity contribution is 5.63. The Hall–Kier alpha value is -0.610. The Bertz CT molecular complexity index is 253. The summed E-state index contributed by atoms with van der Waals surface area (Å²) in [6.07, 6.45) is 8.34. The molecule has 0 spiro atoms. The number of carboxylic acid groups (broad SMARTS) is 1. The molecule has 0 radical (unpaired) electrons. The molecule has 0 fully saturated rings. The molecular formula is C19H41NO3. The van der Waals surface area contributed by atoms with Gasteiger partial charge < -0.3 is 19.1 Å². The van der Waals surface area contributed by atoms with Crippen LogP contribution in [-0.4, -0.2) is 50.3 Å². The topological polar surface area (TPSA) is 49.4 Å². The first-order valence-corrected chi connectivity index (χ1v) is 9.56. The molecular weight excluding hydrogens is 290 g/mol. The molecule has 0 aliphatic heterocycles. The summed E-state index contributed by atoms with van der Waals surface area (Å²) in [4.78, 5) is 10.0. The molecule has 0 unspecified atom stereocenters. The van der Waals surface area contributed by atoms with Crippen molar-refractivity contribution in [2.75, 3.05) is 39.9 Å². The lowest BCUT2D eigenvalue weighted by Crippen LogP contribution is -2.45. The fourth-order valence-electron chi connectivity index (χ4n) is 2.20. The lowest BCUT2D eigenvalue weighted by atomic mass is 10.1. The van der Waals surface area contributed by atoms with E-state index in [1.54, 1.807) is 0 Å². The van der Waals surface area contributed by atoms with Crippen LogP contribution >= 0.6 is 0 Å². The fraction of sp³-hybridized carbons (Fsp3) is 0.947. The molecule has 0 saturated carbocycles.